The molecule has 0 radical (unpaired) electrons. The van der Waals surface area contributed by atoms with Gasteiger partial charge in [0.05, 0.1) is 19.9 Å². The predicted octanol–water partition coefficient (Wildman–Crippen LogP) is 2.98. The van der Waals surface area contributed by atoms with Crippen LogP contribution in [-0.2, 0) is 0 Å². The van der Waals surface area contributed by atoms with Crippen molar-refractivity contribution >= 4 is 17.3 Å². The van der Waals surface area contributed by atoms with E-state index in [-0.39, 0.29) is 0 Å². The Morgan fingerprint density at radius 1 is 1.10 bits per heavy atom. The molecule has 0 fully saturated rings. The number of nitrogens with one attached hydrogen (secondary N) is 2. The van der Waals surface area contributed by atoms with E-state index >= 15 is 0 Å². The number of hydrogen-bond donors (Lipinski definition) is 2. The normalized spacial score (nSPS) is 10.1. The monoisotopic (exact) mass is 288 g/mol. The summed E-state index contributed by atoms with van der Waals surface area (Å²) >= 11 is 0. The van der Waals surface area contributed by atoms with Crippen LogP contribution in [0.15, 0.2) is 24.5 Å². The van der Waals surface area contributed by atoms with Gasteiger partial charge in [-0.3, -0.25) is 0 Å². The van der Waals surface area contributed by atoms with Crippen molar-refractivity contribution in [2.45, 2.75) is 13.8 Å². The molecule has 1 aromatic heterocycles. The average Bonchev–Trinajstić information content (AvgIpc) is 2.48. The Hall–Kier alpha value is -2.50. The Balaban J connectivity index is 2.39. The lowest BCUT2D eigenvalue weighted by Gasteiger charge is -2.15. The Kier molecular flexibility index (Phi) is 4.81. The largest absolute Gasteiger partial charge is 0.495 e. The molecule has 21 heavy (non-hydrogen) atoms. The van der Waals surface area contributed by atoms with Gasteiger partial charge < -0.3 is 20.1 Å². The maximum absolute atomic E-state index is 5.41. The summed E-state index contributed by atoms with van der Waals surface area (Å²) in [4.78, 5) is 8.43. The second-order valence-corrected chi connectivity index (χ2v) is 4.46. The summed E-state index contributed by atoms with van der Waals surface area (Å²) in [5.41, 5.74) is 1.95. The van der Waals surface area contributed by atoms with E-state index < -0.39 is 0 Å². The third-order valence-electron chi connectivity index (χ3n) is 2.96. The average molecular weight is 288 g/mol. The van der Waals surface area contributed by atoms with E-state index in [0.29, 0.717) is 17.4 Å². The molecule has 0 spiro atoms. The van der Waals surface area contributed by atoms with Crippen molar-refractivity contribution in [3.63, 3.8) is 0 Å². The summed E-state index contributed by atoms with van der Waals surface area (Å²) in [5, 5.41) is 6.39. The van der Waals surface area contributed by atoms with Gasteiger partial charge in [0.25, 0.3) is 0 Å². The highest BCUT2D eigenvalue weighted by Gasteiger charge is 2.13. The van der Waals surface area contributed by atoms with Crippen LogP contribution in [0.1, 0.15) is 12.5 Å². The van der Waals surface area contributed by atoms with Crippen molar-refractivity contribution in [2.24, 2.45) is 0 Å². The molecule has 0 atom stereocenters. The standard InChI is InChI=1S/C15H20N4O2/c1-5-16-14-13(21-4)15(18-9-17-14)19-11-8-10(2)6-7-12(11)20-3/h6-9H,5H2,1-4H3,(H2,16,17,18,19). The number of methoxy groups -OCH3 is 2. The van der Waals surface area contributed by atoms with Gasteiger partial charge >= 0.3 is 0 Å². The molecule has 2 aromatic rings. The number of benzene rings is 1. The first-order chi connectivity index (χ1) is 10.2. The van der Waals surface area contributed by atoms with Crippen molar-refractivity contribution in [3.05, 3.63) is 30.1 Å². The first kappa shape index (κ1) is 14.9. The van der Waals surface area contributed by atoms with Crippen LogP contribution in [0.5, 0.6) is 11.5 Å². The highest BCUT2D eigenvalue weighted by atomic mass is 16.5. The molecular formula is C15H20N4O2. The lowest BCUT2D eigenvalue weighted by Crippen LogP contribution is -2.06. The minimum atomic E-state index is 0.572. The predicted molar refractivity (Wildman–Crippen MR) is 83.8 cm³/mol. The molecule has 0 saturated carbocycles. The molecule has 0 aliphatic rings. The van der Waals surface area contributed by atoms with Crippen molar-refractivity contribution < 1.29 is 9.47 Å². The smallest absolute Gasteiger partial charge is 0.204 e. The molecule has 2 rings (SSSR count). The lowest BCUT2D eigenvalue weighted by atomic mass is 10.2. The quantitative estimate of drug-likeness (QED) is 0.851. The number of aryl methyl sites for hydroxylation is 1. The fraction of sp³-hybridized carbons (Fsp3) is 0.333. The van der Waals surface area contributed by atoms with Crippen LogP contribution in [0.25, 0.3) is 0 Å². The Morgan fingerprint density at radius 3 is 2.52 bits per heavy atom. The van der Waals surface area contributed by atoms with Gasteiger partial charge in [0, 0.05) is 6.54 Å². The van der Waals surface area contributed by atoms with Gasteiger partial charge in [0.2, 0.25) is 5.75 Å². The summed E-state index contributed by atoms with van der Waals surface area (Å²) in [6.07, 6.45) is 1.49. The Bertz CT molecular complexity index is 617. The van der Waals surface area contributed by atoms with E-state index in [1.807, 2.05) is 32.0 Å². The molecule has 0 aliphatic carbocycles. The summed E-state index contributed by atoms with van der Waals surface area (Å²) in [7, 11) is 3.23. The van der Waals surface area contributed by atoms with Crippen LogP contribution >= 0.6 is 0 Å². The van der Waals surface area contributed by atoms with Crippen LogP contribution in [0.3, 0.4) is 0 Å². The van der Waals surface area contributed by atoms with Crippen LogP contribution in [0.2, 0.25) is 0 Å². The van der Waals surface area contributed by atoms with E-state index in [9.17, 15) is 0 Å². The van der Waals surface area contributed by atoms with Gasteiger partial charge in [-0.05, 0) is 31.5 Å². The first-order valence-electron chi connectivity index (χ1n) is 6.74. The SMILES string of the molecule is CCNc1ncnc(Nc2cc(C)ccc2OC)c1OC. The van der Waals surface area contributed by atoms with Gasteiger partial charge in [-0.1, -0.05) is 6.07 Å². The van der Waals surface area contributed by atoms with Gasteiger partial charge in [-0.15, -0.1) is 0 Å². The third kappa shape index (κ3) is 3.34. The topological polar surface area (TPSA) is 68.3 Å². The Morgan fingerprint density at radius 2 is 1.86 bits per heavy atom. The molecule has 6 heteroatoms. The minimum Gasteiger partial charge on any atom is -0.495 e. The molecular weight excluding hydrogens is 268 g/mol. The molecule has 0 unspecified atom stereocenters. The van der Waals surface area contributed by atoms with E-state index in [1.54, 1.807) is 14.2 Å². The van der Waals surface area contributed by atoms with E-state index in [2.05, 4.69) is 20.6 Å². The van der Waals surface area contributed by atoms with E-state index in [0.717, 1.165) is 23.5 Å². The number of nitrogens with zero attached hydrogens (tertiary/aromatic N) is 2. The van der Waals surface area contributed by atoms with Crippen LogP contribution in [-0.4, -0.2) is 30.7 Å². The highest BCUT2D eigenvalue weighted by molar-refractivity contribution is 5.72. The van der Waals surface area contributed by atoms with Crippen LogP contribution < -0.4 is 20.1 Å². The fourth-order valence-corrected chi connectivity index (χ4v) is 2.00. The Labute approximate surface area is 124 Å². The molecule has 1 heterocycles. The molecule has 112 valence electrons. The zero-order valence-electron chi connectivity index (χ0n) is 12.7. The summed E-state index contributed by atoms with van der Waals surface area (Å²) in [6, 6.07) is 5.90. The minimum absolute atomic E-state index is 0.572. The van der Waals surface area contributed by atoms with Crippen molar-refractivity contribution in [3.8, 4) is 11.5 Å². The van der Waals surface area contributed by atoms with Crippen molar-refractivity contribution in [1.82, 2.24) is 9.97 Å². The molecule has 2 N–H and O–H groups in total. The molecule has 1 aromatic carbocycles. The number of ether oxygens (including phenoxy) is 2. The fourth-order valence-electron chi connectivity index (χ4n) is 2.00. The second-order valence-electron chi connectivity index (χ2n) is 4.46. The van der Waals surface area contributed by atoms with E-state index in [1.165, 1.54) is 6.33 Å². The van der Waals surface area contributed by atoms with E-state index in [4.69, 9.17) is 9.47 Å². The second kappa shape index (κ2) is 6.78. The third-order valence-corrected chi connectivity index (χ3v) is 2.96. The van der Waals surface area contributed by atoms with Gasteiger partial charge in [-0.25, -0.2) is 9.97 Å². The number of aromatic nitrogens is 2. The molecule has 0 bridgehead atoms. The van der Waals surface area contributed by atoms with Gasteiger partial charge in [0.15, 0.2) is 11.6 Å². The number of hydrogen-bond acceptors (Lipinski definition) is 6. The summed E-state index contributed by atoms with van der Waals surface area (Å²) < 4.78 is 10.8. The number of rotatable bonds is 6. The highest BCUT2D eigenvalue weighted by Crippen LogP contribution is 2.34. The number of anilines is 3. The lowest BCUT2D eigenvalue weighted by molar-refractivity contribution is 0.413. The summed E-state index contributed by atoms with van der Waals surface area (Å²) in [5.74, 6) is 2.56. The van der Waals surface area contributed by atoms with Gasteiger partial charge in [0.1, 0.15) is 12.1 Å². The van der Waals surface area contributed by atoms with Crippen molar-refractivity contribution in [2.75, 3.05) is 31.4 Å². The molecule has 0 aliphatic heterocycles. The summed E-state index contributed by atoms with van der Waals surface area (Å²) in [6.45, 7) is 4.77. The zero-order chi connectivity index (χ0) is 15.2. The van der Waals surface area contributed by atoms with Gasteiger partial charge in [-0.2, -0.15) is 0 Å². The molecule has 0 saturated heterocycles. The maximum Gasteiger partial charge on any atom is 0.204 e. The molecule has 6 nitrogen and oxygen atoms in total. The maximum atomic E-state index is 5.41. The van der Waals surface area contributed by atoms with Crippen LogP contribution in [0.4, 0.5) is 17.3 Å². The zero-order valence-corrected chi connectivity index (χ0v) is 12.7. The molecule has 0 amide bonds. The van der Waals surface area contributed by atoms with Crippen molar-refractivity contribution in [1.29, 1.82) is 0 Å². The van der Waals surface area contributed by atoms with Crippen LogP contribution in [0, 0.1) is 6.92 Å². The first-order valence-corrected chi connectivity index (χ1v) is 6.74.